The van der Waals surface area contributed by atoms with Crippen LogP contribution in [-0.2, 0) is 10.0 Å². The van der Waals surface area contributed by atoms with E-state index in [0.29, 0.717) is 12.2 Å². The van der Waals surface area contributed by atoms with Crippen LogP contribution in [0, 0.1) is 11.3 Å². The lowest BCUT2D eigenvalue weighted by atomic mass is 10.3. The van der Waals surface area contributed by atoms with E-state index in [9.17, 15) is 8.42 Å². The molecule has 0 aliphatic carbocycles. The number of anilines is 1. The van der Waals surface area contributed by atoms with Gasteiger partial charge in [0.05, 0.1) is 11.4 Å². The summed E-state index contributed by atoms with van der Waals surface area (Å²) < 4.78 is 25.1. The molecule has 0 aromatic carbocycles. The van der Waals surface area contributed by atoms with Crippen LogP contribution < -0.4 is 10.0 Å². The molecule has 1 aromatic rings. The molecule has 0 aliphatic rings. The number of aromatic nitrogens is 1. The molecule has 6 nitrogen and oxygen atoms in total. The SMILES string of the molecule is CCNS(=O)(=O)CCNc1cccnc1C#N. The van der Waals surface area contributed by atoms with Crippen LogP contribution in [0.25, 0.3) is 0 Å². The van der Waals surface area contributed by atoms with E-state index in [1.54, 1.807) is 19.1 Å². The Labute approximate surface area is 101 Å². The molecule has 0 amide bonds. The molecule has 0 spiro atoms. The maximum atomic E-state index is 11.3. The van der Waals surface area contributed by atoms with Crippen LogP contribution >= 0.6 is 0 Å². The zero-order chi connectivity index (χ0) is 12.7. The van der Waals surface area contributed by atoms with Gasteiger partial charge in [-0.3, -0.25) is 0 Å². The lowest BCUT2D eigenvalue weighted by Gasteiger charge is -2.08. The van der Waals surface area contributed by atoms with Crippen LogP contribution in [0.3, 0.4) is 0 Å². The summed E-state index contributed by atoms with van der Waals surface area (Å²) in [6.07, 6.45) is 1.51. The largest absolute Gasteiger partial charge is 0.382 e. The lowest BCUT2D eigenvalue weighted by Crippen LogP contribution is -2.29. The van der Waals surface area contributed by atoms with Crippen LogP contribution in [0.4, 0.5) is 5.69 Å². The molecule has 92 valence electrons. The van der Waals surface area contributed by atoms with E-state index in [0.717, 1.165) is 0 Å². The van der Waals surface area contributed by atoms with Gasteiger partial charge < -0.3 is 5.32 Å². The van der Waals surface area contributed by atoms with Crippen LogP contribution in [0.1, 0.15) is 12.6 Å². The minimum absolute atomic E-state index is 0.0411. The summed E-state index contributed by atoms with van der Waals surface area (Å²) in [7, 11) is -3.24. The number of nitriles is 1. The molecule has 7 heteroatoms. The van der Waals surface area contributed by atoms with Gasteiger partial charge in [-0.2, -0.15) is 5.26 Å². The second-order valence-electron chi connectivity index (χ2n) is 3.25. The summed E-state index contributed by atoms with van der Waals surface area (Å²) in [5.41, 5.74) is 0.801. The second kappa shape index (κ2) is 6.18. The van der Waals surface area contributed by atoms with E-state index < -0.39 is 10.0 Å². The van der Waals surface area contributed by atoms with Crippen LogP contribution in [0.2, 0.25) is 0 Å². The lowest BCUT2D eigenvalue weighted by molar-refractivity contribution is 0.584. The van der Waals surface area contributed by atoms with Crippen molar-refractivity contribution in [2.24, 2.45) is 0 Å². The topological polar surface area (TPSA) is 94.9 Å². The average molecular weight is 254 g/mol. The van der Waals surface area contributed by atoms with Crippen molar-refractivity contribution >= 4 is 15.7 Å². The number of hydrogen-bond donors (Lipinski definition) is 2. The van der Waals surface area contributed by atoms with Crippen molar-refractivity contribution in [2.45, 2.75) is 6.92 Å². The second-order valence-corrected chi connectivity index (χ2v) is 5.18. The molecule has 1 aromatic heterocycles. The Morgan fingerprint density at radius 1 is 1.53 bits per heavy atom. The number of hydrogen-bond acceptors (Lipinski definition) is 5. The number of nitrogens with one attached hydrogen (secondary N) is 2. The van der Waals surface area contributed by atoms with Gasteiger partial charge >= 0.3 is 0 Å². The van der Waals surface area contributed by atoms with Crippen LogP contribution in [-0.4, -0.2) is 32.2 Å². The molecule has 0 radical (unpaired) electrons. The van der Waals surface area contributed by atoms with E-state index >= 15 is 0 Å². The summed E-state index contributed by atoms with van der Waals surface area (Å²) in [5.74, 6) is -0.0411. The molecule has 0 saturated heterocycles. The van der Waals surface area contributed by atoms with Crippen LogP contribution in [0.15, 0.2) is 18.3 Å². The third kappa shape index (κ3) is 4.38. The molecule has 0 bridgehead atoms. The highest BCUT2D eigenvalue weighted by atomic mass is 32.2. The first-order valence-electron chi connectivity index (χ1n) is 5.15. The Morgan fingerprint density at radius 3 is 2.94 bits per heavy atom. The smallest absolute Gasteiger partial charge is 0.213 e. The van der Waals surface area contributed by atoms with Gasteiger partial charge in [-0.05, 0) is 12.1 Å². The molecule has 0 aliphatic heterocycles. The van der Waals surface area contributed by atoms with E-state index in [4.69, 9.17) is 5.26 Å². The molecule has 2 N–H and O–H groups in total. The minimum Gasteiger partial charge on any atom is -0.382 e. The summed E-state index contributed by atoms with van der Waals surface area (Å²) in [6.45, 7) is 2.33. The number of rotatable bonds is 6. The van der Waals surface area contributed by atoms with E-state index in [1.165, 1.54) is 6.20 Å². The third-order valence-electron chi connectivity index (χ3n) is 1.96. The maximum Gasteiger partial charge on any atom is 0.213 e. The molecule has 1 rings (SSSR count). The Balaban J connectivity index is 2.55. The quantitative estimate of drug-likeness (QED) is 0.761. The zero-order valence-corrected chi connectivity index (χ0v) is 10.3. The highest BCUT2D eigenvalue weighted by Gasteiger charge is 2.08. The van der Waals surface area contributed by atoms with Crippen molar-refractivity contribution in [3.8, 4) is 6.07 Å². The Hall–Kier alpha value is -1.65. The normalized spacial score (nSPS) is 10.8. The Morgan fingerprint density at radius 2 is 2.29 bits per heavy atom. The molecule has 0 atom stereocenters. The van der Waals surface area contributed by atoms with Gasteiger partial charge in [0.1, 0.15) is 6.07 Å². The Kier molecular flexibility index (Phi) is 4.87. The maximum absolute atomic E-state index is 11.3. The fourth-order valence-corrected chi connectivity index (χ4v) is 2.20. The van der Waals surface area contributed by atoms with Gasteiger partial charge in [0.2, 0.25) is 10.0 Å². The van der Waals surface area contributed by atoms with Crippen molar-refractivity contribution < 1.29 is 8.42 Å². The van der Waals surface area contributed by atoms with Crippen molar-refractivity contribution in [1.29, 1.82) is 5.26 Å². The van der Waals surface area contributed by atoms with Gasteiger partial charge in [-0.15, -0.1) is 0 Å². The van der Waals surface area contributed by atoms with Crippen molar-refractivity contribution in [1.82, 2.24) is 9.71 Å². The standard InChI is InChI=1S/C10H14N4O2S/c1-2-14-17(15,16)7-6-13-9-4-3-5-12-10(9)8-11/h3-5,13-14H,2,6-7H2,1H3. The summed E-state index contributed by atoms with van der Waals surface area (Å²) >= 11 is 0. The van der Waals surface area contributed by atoms with Gasteiger partial charge in [-0.25, -0.2) is 18.1 Å². The molecular weight excluding hydrogens is 240 g/mol. The number of sulfonamides is 1. The summed E-state index contributed by atoms with van der Waals surface area (Å²) in [4.78, 5) is 3.86. The molecule has 0 fully saturated rings. The first-order valence-corrected chi connectivity index (χ1v) is 6.80. The predicted molar refractivity (Wildman–Crippen MR) is 64.9 cm³/mol. The van der Waals surface area contributed by atoms with Gasteiger partial charge in [0.25, 0.3) is 0 Å². The predicted octanol–water partition coefficient (Wildman–Crippen LogP) is 0.304. The first kappa shape index (κ1) is 13.4. The fraction of sp³-hybridized carbons (Fsp3) is 0.400. The van der Waals surface area contributed by atoms with Crippen molar-refractivity contribution in [2.75, 3.05) is 24.2 Å². The van der Waals surface area contributed by atoms with Crippen molar-refractivity contribution in [3.63, 3.8) is 0 Å². The highest BCUT2D eigenvalue weighted by Crippen LogP contribution is 2.09. The van der Waals surface area contributed by atoms with E-state index in [-0.39, 0.29) is 18.0 Å². The number of nitrogens with zero attached hydrogens (tertiary/aromatic N) is 2. The zero-order valence-electron chi connectivity index (χ0n) is 9.47. The Bertz CT molecular complexity index is 507. The third-order valence-corrected chi connectivity index (χ3v) is 3.43. The van der Waals surface area contributed by atoms with Crippen LogP contribution in [0.5, 0.6) is 0 Å². The van der Waals surface area contributed by atoms with Gasteiger partial charge in [-0.1, -0.05) is 6.92 Å². The van der Waals surface area contributed by atoms with E-state index in [2.05, 4.69) is 15.0 Å². The van der Waals surface area contributed by atoms with E-state index in [1.807, 2.05) is 6.07 Å². The molecule has 0 saturated carbocycles. The number of pyridine rings is 1. The average Bonchev–Trinajstić information content (AvgIpc) is 2.29. The summed E-state index contributed by atoms with van der Waals surface area (Å²) in [5, 5.41) is 11.7. The molecular formula is C10H14N4O2S. The van der Waals surface area contributed by atoms with Crippen molar-refractivity contribution in [3.05, 3.63) is 24.0 Å². The fourth-order valence-electron chi connectivity index (χ4n) is 1.25. The minimum atomic E-state index is -3.24. The van der Waals surface area contributed by atoms with Gasteiger partial charge in [0.15, 0.2) is 5.69 Å². The van der Waals surface area contributed by atoms with Gasteiger partial charge in [0, 0.05) is 19.3 Å². The molecule has 17 heavy (non-hydrogen) atoms. The molecule has 0 unspecified atom stereocenters. The summed E-state index contributed by atoms with van der Waals surface area (Å²) in [6, 6.07) is 5.30. The highest BCUT2D eigenvalue weighted by molar-refractivity contribution is 7.89. The monoisotopic (exact) mass is 254 g/mol. The molecule has 1 heterocycles. The first-order chi connectivity index (χ1) is 8.09.